The Balaban J connectivity index is 2.33. The number of nitrogens with zero attached hydrogens (tertiary/aromatic N) is 1. The number of ether oxygens (including phenoxy) is 1. The highest BCUT2D eigenvalue weighted by Gasteiger charge is 2.14. The van der Waals surface area contributed by atoms with Crippen molar-refractivity contribution in [2.24, 2.45) is 5.73 Å². The number of benzene rings is 1. The van der Waals surface area contributed by atoms with Gasteiger partial charge in [-0.15, -0.1) is 0 Å². The summed E-state index contributed by atoms with van der Waals surface area (Å²) in [5.41, 5.74) is 9.55. The lowest BCUT2D eigenvalue weighted by Gasteiger charge is -2.17. The maximum absolute atomic E-state index is 6.37. The third-order valence-corrected chi connectivity index (χ3v) is 3.97. The van der Waals surface area contributed by atoms with Crippen molar-refractivity contribution < 1.29 is 4.74 Å². The fraction of sp³-hybridized carbons (Fsp3) is 0.312. The lowest BCUT2D eigenvalue weighted by molar-refractivity contribution is 0.241. The SMILES string of the molecule is Cc1c(Br)cccc1C(N)c1cncc(OC(C)C)c1. The fourth-order valence-electron chi connectivity index (χ4n) is 2.08. The van der Waals surface area contributed by atoms with E-state index < -0.39 is 0 Å². The standard InChI is InChI=1S/C16H19BrN2O/c1-10(2)20-13-7-12(8-19-9-13)16(18)14-5-4-6-15(17)11(14)3/h4-10,16H,18H2,1-3H3. The molecule has 0 saturated heterocycles. The molecule has 0 spiro atoms. The summed E-state index contributed by atoms with van der Waals surface area (Å²) in [5, 5.41) is 0. The average Bonchev–Trinajstić information content (AvgIpc) is 2.41. The number of nitrogens with two attached hydrogens (primary N) is 1. The van der Waals surface area contributed by atoms with Crippen molar-refractivity contribution in [3.63, 3.8) is 0 Å². The Bertz CT molecular complexity index is 599. The van der Waals surface area contributed by atoms with Crippen molar-refractivity contribution in [2.75, 3.05) is 0 Å². The summed E-state index contributed by atoms with van der Waals surface area (Å²) < 4.78 is 6.73. The van der Waals surface area contributed by atoms with Crippen LogP contribution < -0.4 is 10.5 Å². The molecule has 4 heteroatoms. The van der Waals surface area contributed by atoms with Crippen molar-refractivity contribution in [3.8, 4) is 5.75 Å². The van der Waals surface area contributed by atoms with Gasteiger partial charge in [0.15, 0.2) is 0 Å². The lowest BCUT2D eigenvalue weighted by Crippen LogP contribution is -2.14. The van der Waals surface area contributed by atoms with Gasteiger partial charge in [0.2, 0.25) is 0 Å². The predicted octanol–water partition coefficient (Wildman–Crippen LogP) is 3.99. The van der Waals surface area contributed by atoms with Gasteiger partial charge in [0.1, 0.15) is 5.75 Å². The van der Waals surface area contributed by atoms with Gasteiger partial charge in [-0.05, 0) is 49.6 Å². The molecule has 2 aromatic rings. The molecular weight excluding hydrogens is 316 g/mol. The molecule has 1 atom stereocenters. The molecule has 0 bridgehead atoms. The third kappa shape index (κ3) is 3.38. The Labute approximate surface area is 128 Å². The normalized spacial score (nSPS) is 12.5. The summed E-state index contributed by atoms with van der Waals surface area (Å²) in [4.78, 5) is 4.22. The maximum Gasteiger partial charge on any atom is 0.138 e. The van der Waals surface area contributed by atoms with Gasteiger partial charge in [-0.2, -0.15) is 0 Å². The van der Waals surface area contributed by atoms with Crippen molar-refractivity contribution >= 4 is 15.9 Å². The second-order valence-corrected chi connectivity index (χ2v) is 5.91. The van der Waals surface area contributed by atoms with E-state index in [1.165, 1.54) is 0 Å². The average molecular weight is 335 g/mol. The molecule has 106 valence electrons. The first-order chi connectivity index (χ1) is 9.49. The molecule has 0 saturated carbocycles. The van der Waals surface area contributed by atoms with E-state index in [9.17, 15) is 0 Å². The summed E-state index contributed by atoms with van der Waals surface area (Å²) in [6, 6.07) is 7.80. The Morgan fingerprint density at radius 3 is 2.70 bits per heavy atom. The first-order valence-corrected chi connectivity index (χ1v) is 7.40. The topological polar surface area (TPSA) is 48.1 Å². The zero-order chi connectivity index (χ0) is 14.7. The zero-order valence-corrected chi connectivity index (χ0v) is 13.5. The van der Waals surface area contributed by atoms with E-state index in [4.69, 9.17) is 10.5 Å². The molecule has 3 nitrogen and oxygen atoms in total. The van der Waals surface area contributed by atoms with E-state index in [2.05, 4.69) is 27.8 Å². The molecule has 0 aliphatic heterocycles. The molecule has 1 heterocycles. The minimum Gasteiger partial charge on any atom is -0.489 e. The van der Waals surface area contributed by atoms with Crippen LogP contribution in [-0.4, -0.2) is 11.1 Å². The minimum absolute atomic E-state index is 0.121. The molecule has 0 radical (unpaired) electrons. The van der Waals surface area contributed by atoms with Crippen LogP contribution in [0.2, 0.25) is 0 Å². The Morgan fingerprint density at radius 1 is 1.25 bits per heavy atom. The maximum atomic E-state index is 6.37. The number of hydrogen-bond acceptors (Lipinski definition) is 3. The summed E-state index contributed by atoms with van der Waals surface area (Å²) in [7, 11) is 0. The third-order valence-electron chi connectivity index (χ3n) is 3.11. The van der Waals surface area contributed by atoms with E-state index >= 15 is 0 Å². The molecular formula is C16H19BrN2O. The van der Waals surface area contributed by atoms with Crippen LogP contribution in [0.4, 0.5) is 0 Å². The van der Waals surface area contributed by atoms with E-state index in [1.54, 1.807) is 12.4 Å². The van der Waals surface area contributed by atoms with Gasteiger partial charge < -0.3 is 10.5 Å². The Morgan fingerprint density at radius 2 is 2.00 bits per heavy atom. The van der Waals surface area contributed by atoms with Crippen molar-refractivity contribution in [1.29, 1.82) is 0 Å². The molecule has 0 amide bonds. The molecule has 20 heavy (non-hydrogen) atoms. The van der Waals surface area contributed by atoms with Crippen LogP contribution in [0.5, 0.6) is 5.75 Å². The number of rotatable bonds is 4. The van der Waals surface area contributed by atoms with Crippen molar-refractivity contribution in [2.45, 2.75) is 32.9 Å². The highest BCUT2D eigenvalue weighted by atomic mass is 79.9. The molecule has 0 fully saturated rings. The van der Waals surface area contributed by atoms with Crippen molar-refractivity contribution in [3.05, 3.63) is 57.8 Å². The molecule has 1 aromatic heterocycles. The van der Waals surface area contributed by atoms with E-state index in [0.717, 1.165) is 26.9 Å². The fourth-order valence-corrected chi connectivity index (χ4v) is 2.46. The number of halogens is 1. The van der Waals surface area contributed by atoms with Crippen LogP contribution >= 0.6 is 15.9 Å². The van der Waals surface area contributed by atoms with E-state index in [-0.39, 0.29) is 12.1 Å². The van der Waals surface area contributed by atoms with Crippen LogP contribution in [0.3, 0.4) is 0 Å². The highest BCUT2D eigenvalue weighted by Crippen LogP contribution is 2.28. The summed E-state index contributed by atoms with van der Waals surface area (Å²) in [5.74, 6) is 0.751. The Kier molecular flexibility index (Phi) is 4.78. The summed E-state index contributed by atoms with van der Waals surface area (Å²) in [6.45, 7) is 6.04. The number of aromatic nitrogens is 1. The zero-order valence-electron chi connectivity index (χ0n) is 11.9. The predicted molar refractivity (Wildman–Crippen MR) is 84.9 cm³/mol. The summed E-state index contributed by atoms with van der Waals surface area (Å²) >= 11 is 3.54. The van der Waals surface area contributed by atoms with Gasteiger partial charge in [-0.25, -0.2) is 0 Å². The highest BCUT2D eigenvalue weighted by molar-refractivity contribution is 9.10. The quantitative estimate of drug-likeness (QED) is 0.919. The van der Waals surface area contributed by atoms with Gasteiger partial charge in [0, 0.05) is 10.7 Å². The molecule has 0 aliphatic rings. The van der Waals surface area contributed by atoms with Crippen LogP contribution in [0, 0.1) is 6.92 Å². The Hall–Kier alpha value is -1.39. The minimum atomic E-state index is -0.212. The van der Waals surface area contributed by atoms with Crippen molar-refractivity contribution in [1.82, 2.24) is 4.98 Å². The van der Waals surface area contributed by atoms with Crippen LogP contribution in [-0.2, 0) is 0 Å². The summed E-state index contributed by atoms with van der Waals surface area (Å²) in [6.07, 6.45) is 3.62. The molecule has 1 aromatic carbocycles. The van der Waals surface area contributed by atoms with Crippen LogP contribution in [0.25, 0.3) is 0 Å². The monoisotopic (exact) mass is 334 g/mol. The van der Waals surface area contributed by atoms with Gasteiger partial charge in [0.25, 0.3) is 0 Å². The van der Waals surface area contributed by atoms with E-state index in [1.807, 2.05) is 38.1 Å². The second-order valence-electron chi connectivity index (χ2n) is 5.05. The van der Waals surface area contributed by atoms with Gasteiger partial charge in [0.05, 0.1) is 18.3 Å². The first kappa shape index (κ1) is 15.0. The van der Waals surface area contributed by atoms with Gasteiger partial charge in [-0.1, -0.05) is 28.1 Å². The van der Waals surface area contributed by atoms with Gasteiger partial charge in [-0.3, -0.25) is 4.98 Å². The number of pyridine rings is 1. The van der Waals surface area contributed by atoms with Crippen LogP contribution in [0.15, 0.2) is 41.1 Å². The smallest absolute Gasteiger partial charge is 0.138 e. The molecule has 1 unspecified atom stereocenters. The largest absolute Gasteiger partial charge is 0.489 e. The lowest BCUT2D eigenvalue weighted by atomic mass is 9.97. The second kappa shape index (κ2) is 6.37. The van der Waals surface area contributed by atoms with Crippen LogP contribution in [0.1, 0.15) is 36.6 Å². The molecule has 2 rings (SSSR count). The number of hydrogen-bond donors (Lipinski definition) is 1. The van der Waals surface area contributed by atoms with E-state index in [0.29, 0.717) is 0 Å². The first-order valence-electron chi connectivity index (χ1n) is 6.61. The molecule has 2 N–H and O–H groups in total. The van der Waals surface area contributed by atoms with Gasteiger partial charge >= 0.3 is 0 Å². The molecule has 0 aliphatic carbocycles.